The van der Waals surface area contributed by atoms with Gasteiger partial charge in [0.25, 0.3) is 0 Å². The predicted octanol–water partition coefficient (Wildman–Crippen LogP) is 1.71. The van der Waals surface area contributed by atoms with Gasteiger partial charge in [0.05, 0.1) is 0 Å². The first kappa shape index (κ1) is 12.7. The smallest absolute Gasteiger partial charge is 0.407 e. The van der Waals surface area contributed by atoms with Crippen LogP contribution in [0, 0.1) is 18.3 Å². The molecule has 2 unspecified atom stereocenters. The van der Waals surface area contributed by atoms with E-state index in [9.17, 15) is 4.79 Å². The highest BCUT2D eigenvalue weighted by atomic mass is 16.6. The molecule has 97 valence electrons. The zero-order chi connectivity index (χ0) is 12.5. The first-order valence-corrected chi connectivity index (χ1v) is 6.47. The van der Waals surface area contributed by atoms with Crippen molar-refractivity contribution >= 4 is 6.09 Å². The van der Waals surface area contributed by atoms with Crippen LogP contribution in [0.4, 0.5) is 4.79 Å². The molecular formula is C13H23N2O2. The molecule has 17 heavy (non-hydrogen) atoms. The van der Waals surface area contributed by atoms with E-state index >= 15 is 0 Å². The first-order chi connectivity index (χ1) is 7.94. The molecule has 0 aromatic rings. The number of hydrogen-bond acceptors (Lipinski definition) is 3. The average Bonchev–Trinajstić information content (AvgIpc) is 2.97. The van der Waals surface area contributed by atoms with Crippen molar-refractivity contribution in [2.24, 2.45) is 11.8 Å². The molecule has 3 atom stereocenters. The zero-order valence-electron chi connectivity index (χ0n) is 11.0. The SMILES string of the molecule is CC(C)(C)OC(=O)N[C@H]1CNCC(C2[CH]C2)C1. The molecule has 2 fully saturated rings. The summed E-state index contributed by atoms with van der Waals surface area (Å²) < 4.78 is 5.27. The first-order valence-electron chi connectivity index (χ1n) is 6.47. The van der Waals surface area contributed by atoms with Crippen molar-refractivity contribution in [1.29, 1.82) is 0 Å². The molecule has 1 amide bonds. The molecule has 1 aliphatic heterocycles. The van der Waals surface area contributed by atoms with Crippen LogP contribution in [0.1, 0.15) is 33.6 Å². The minimum atomic E-state index is -0.421. The summed E-state index contributed by atoms with van der Waals surface area (Å²) in [6, 6.07) is 0.206. The Bertz CT molecular complexity index is 282. The number of nitrogens with one attached hydrogen (secondary N) is 2. The molecule has 0 bridgehead atoms. The van der Waals surface area contributed by atoms with E-state index in [1.54, 1.807) is 0 Å². The van der Waals surface area contributed by atoms with Crippen molar-refractivity contribution < 1.29 is 9.53 Å². The quantitative estimate of drug-likeness (QED) is 0.771. The second-order valence-electron chi connectivity index (χ2n) is 6.13. The highest BCUT2D eigenvalue weighted by Gasteiger charge is 2.35. The maximum Gasteiger partial charge on any atom is 0.407 e. The number of carbonyl (C=O) groups is 1. The average molecular weight is 239 g/mol. The zero-order valence-corrected chi connectivity index (χ0v) is 11.0. The number of hydrogen-bond donors (Lipinski definition) is 2. The fraction of sp³-hybridized carbons (Fsp3) is 0.846. The molecule has 1 heterocycles. The molecular weight excluding hydrogens is 216 g/mol. The normalized spacial score (nSPS) is 29.8. The van der Waals surface area contributed by atoms with Crippen LogP contribution in [-0.4, -0.2) is 30.8 Å². The van der Waals surface area contributed by atoms with Gasteiger partial charge in [0, 0.05) is 12.6 Å². The highest BCUT2D eigenvalue weighted by Crippen LogP contribution is 2.38. The van der Waals surface area contributed by atoms with Gasteiger partial charge in [0.1, 0.15) is 5.60 Å². The summed E-state index contributed by atoms with van der Waals surface area (Å²) in [5.74, 6) is 1.45. The van der Waals surface area contributed by atoms with Gasteiger partial charge in [-0.05, 0) is 58.4 Å². The van der Waals surface area contributed by atoms with Gasteiger partial charge in [-0.3, -0.25) is 0 Å². The molecule has 4 heteroatoms. The number of amides is 1. The van der Waals surface area contributed by atoms with E-state index < -0.39 is 5.60 Å². The molecule has 4 nitrogen and oxygen atoms in total. The van der Waals surface area contributed by atoms with Gasteiger partial charge >= 0.3 is 6.09 Å². The third kappa shape index (κ3) is 4.19. The fourth-order valence-corrected chi connectivity index (χ4v) is 2.35. The number of piperidine rings is 1. The van der Waals surface area contributed by atoms with Crippen molar-refractivity contribution in [3.8, 4) is 0 Å². The second kappa shape index (κ2) is 4.84. The molecule has 0 spiro atoms. The summed E-state index contributed by atoms with van der Waals surface area (Å²) in [4.78, 5) is 11.7. The lowest BCUT2D eigenvalue weighted by molar-refractivity contribution is 0.0488. The molecule has 1 radical (unpaired) electrons. The summed E-state index contributed by atoms with van der Waals surface area (Å²) in [5.41, 5.74) is -0.421. The van der Waals surface area contributed by atoms with E-state index in [-0.39, 0.29) is 12.1 Å². The van der Waals surface area contributed by atoms with Crippen LogP contribution in [0.25, 0.3) is 0 Å². The minimum absolute atomic E-state index is 0.206. The Morgan fingerprint density at radius 3 is 2.71 bits per heavy atom. The Hall–Kier alpha value is -0.770. The Kier molecular flexibility index (Phi) is 3.61. The van der Waals surface area contributed by atoms with Crippen LogP contribution in [-0.2, 0) is 4.74 Å². The van der Waals surface area contributed by atoms with E-state index in [0.29, 0.717) is 5.92 Å². The predicted molar refractivity (Wildman–Crippen MR) is 66.5 cm³/mol. The molecule has 0 aromatic heterocycles. The number of carbonyl (C=O) groups excluding carboxylic acids is 1. The van der Waals surface area contributed by atoms with Crippen LogP contribution in [0.2, 0.25) is 0 Å². The summed E-state index contributed by atoms with van der Waals surface area (Å²) in [7, 11) is 0. The fourth-order valence-electron chi connectivity index (χ4n) is 2.35. The maximum atomic E-state index is 11.7. The van der Waals surface area contributed by atoms with E-state index in [1.165, 1.54) is 6.42 Å². The lowest BCUT2D eigenvalue weighted by Crippen LogP contribution is -2.50. The molecule has 1 aliphatic carbocycles. The largest absolute Gasteiger partial charge is 0.444 e. The molecule has 0 aromatic carbocycles. The van der Waals surface area contributed by atoms with Crippen LogP contribution >= 0.6 is 0 Å². The van der Waals surface area contributed by atoms with E-state index in [2.05, 4.69) is 17.1 Å². The topological polar surface area (TPSA) is 50.4 Å². The summed E-state index contributed by atoms with van der Waals surface area (Å²) in [6.45, 7) is 7.57. The molecule has 2 N–H and O–H groups in total. The van der Waals surface area contributed by atoms with E-state index in [4.69, 9.17) is 4.74 Å². The molecule has 2 aliphatic rings. The van der Waals surface area contributed by atoms with E-state index in [0.717, 1.165) is 25.4 Å². The van der Waals surface area contributed by atoms with Gasteiger partial charge < -0.3 is 15.4 Å². The van der Waals surface area contributed by atoms with Crippen molar-refractivity contribution in [2.75, 3.05) is 13.1 Å². The minimum Gasteiger partial charge on any atom is -0.444 e. The lowest BCUT2D eigenvalue weighted by atomic mass is 9.91. The second-order valence-corrected chi connectivity index (χ2v) is 6.13. The van der Waals surface area contributed by atoms with Gasteiger partial charge in [0.15, 0.2) is 0 Å². The molecule has 1 saturated heterocycles. The third-order valence-corrected chi connectivity index (χ3v) is 3.22. The Balaban J connectivity index is 1.76. The van der Waals surface area contributed by atoms with Crippen LogP contribution in [0.15, 0.2) is 0 Å². The van der Waals surface area contributed by atoms with Crippen molar-refractivity contribution in [3.05, 3.63) is 6.42 Å². The monoisotopic (exact) mass is 239 g/mol. The Morgan fingerprint density at radius 1 is 1.41 bits per heavy atom. The van der Waals surface area contributed by atoms with E-state index in [1.807, 2.05) is 20.8 Å². The number of rotatable bonds is 2. The summed E-state index contributed by atoms with van der Waals surface area (Å²) in [5, 5.41) is 6.33. The Morgan fingerprint density at radius 2 is 2.12 bits per heavy atom. The molecule has 2 rings (SSSR count). The lowest BCUT2D eigenvalue weighted by Gasteiger charge is -2.31. The number of ether oxygens (including phenoxy) is 1. The van der Waals surface area contributed by atoms with Gasteiger partial charge in [0.2, 0.25) is 0 Å². The molecule has 1 saturated carbocycles. The third-order valence-electron chi connectivity index (χ3n) is 3.22. The maximum absolute atomic E-state index is 11.7. The standard InChI is InChI=1S/C13H23N2O2/c1-13(2,3)17-12(16)15-11-6-10(7-14-8-11)9-4-5-9/h4,9-11,14H,5-8H2,1-3H3,(H,15,16)/t9?,10?,11-/m1/s1. The van der Waals surface area contributed by atoms with Gasteiger partial charge in [-0.1, -0.05) is 0 Å². The Labute approximate surface area is 103 Å². The van der Waals surface area contributed by atoms with Crippen LogP contribution in [0.3, 0.4) is 0 Å². The van der Waals surface area contributed by atoms with Crippen molar-refractivity contribution in [3.63, 3.8) is 0 Å². The van der Waals surface area contributed by atoms with Gasteiger partial charge in [-0.2, -0.15) is 0 Å². The van der Waals surface area contributed by atoms with Crippen LogP contribution in [0.5, 0.6) is 0 Å². The van der Waals surface area contributed by atoms with Gasteiger partial charge in [-0.25, -0.2) is 4.79 Å². The summed E-state index contributed by atoms with van der Waals surface area (Å²) in [6.07, 6.45) is 4.35. The highest BCUT2D eigenvalue weighted by molar-refractivity contribution is 5.68. The summed E-state index contributed by atoms with van der Waals surface area (Å²) >= 11 is 0. The van der Waals surface area contributed by atoms with Gasteiger partial charge in [-0.15, -0.1) is 0 Å². The van der Waals surface area contributed by atoms with Crippen molar-refractivity contribution in [1.82, 2.24) is 10.6 Å². The van der Waals surface area contributed by atoms with Crippen molar-refractivity contribution in [2.45, 2.75) is 45.3 Å². The number of alkyl carbamates (subject to hydrolysis) is 1. The van der Waals surface area contributed by atoms with Crippen LogP contribution < -0.4 is 10.6 Å².